The van der Waals surface area contributed by atoms with Gasteiger partial charge in [-0.3, -0.25) is 4.57 Å². The molecule has 0 spiro atoms. The van der Waals surface area contributed by atoms with Gasteiger partial charge in [0.1, 0.15) is 6.33 Å². The van der Waals surface area contributed by atoms with E-state index in [0.717, 1.165) is 12.1 Å². The predicted molar refractivity (Wildman–Crippen MR) is 85.1 cm³/mol. The van der Waals surface area contributed by atoms with Gasteiger partial charge in [0.05, 0.1) is 6.54 Å². The molecule has 1 heterocycles. The molecule has 1 aliphatic rings. The van der Waals surface area contributed by atoms with Crippen LogP contribution in [-0.4, -0.2) is 20.9 Å². The predicted octanol–water partition coefficient (Wildman–Crippen LogP) is 2.31. The van der Waals surface area contributed by atoms with Crippen LogP contribution in [0, 0.1) is 5.92 Å². The molecule has 0 aromatic carbocycles. The van der Waals surface area contributed by atoms with Gasteiger partial charge in [-0.15, -0.1) is 0 Å². The number of nitrogens with two attached hydrogens (primary N) is 1. The first kappa shape index (κ1) is 16.0. The molecular weight excluding hydrogens is 264 g/mol. The topological polar surface area (TPSA) is 65.8 Å². The van der Waals surface area contributed by atoms with Gasteiger partial charge in [-0.25, -0.2) is 9.48 Å². The third-order valence-electron chi connectivity index (χ3n) is 4.50. The first-order valence-corrected chi connectivity index (χ1v) is 8.21. The minimum absolute atomic E-state index is 0.00939. The van der Waals surface area contributed by atoms with E-state index < -0.39 is 0 Å². The maximum atomic E-state index is 12.4. The summed E-state index contributed by atoms with van der Waals surface area (Å²) in [4.78, 5) is 12.4. The zero-order valence-corrected chi connectivity index (χ0v) is 13.1. The zero-order chi connectivity index (χ0) is 15.1. The third kappa shape index (κ3) is 4.56. The van der Waals surface area contributed by atoms with Gasteiger partial charge in [0.25, 0.3) is 0 Å². The van der Waals surface area contributed by atoms with Crippen LogP contribution in [0.2, 0.25) is 0 Å². The van der Waals surface area contributed by atoms with Gasteiger partial charge in [0.2, 0.25) is 0 Å². The molecule has 118 valence electrons. The Hall–Kier alpha value is -1.36. The Morgan fingerprint density at radius 2 is 2.00 bits per heavy atom. The Balaban J connectivity index is 2.00. The second-order valence-corrected chi connectivity index (χ2v) is 6.09. The van der Waals surface area contributed by atoms with Crippen molar-refractivity contribution in [3.8, 4) is 0 Å². The van der Waals surface area contributed by atoms with Gasteiger partial charge in [-0.1, -0.05) is 38.2 Å². The molecule has 5 heteroatoms. The molecule has 1 aliphatic carbocycles. The lowest BCUT2D eigenvalue weighted by molar-refractivity contribution is 0.334. The summed E-state index contributed by atoms with van der Waals surface area (Å²) < 4.78 is 3.29. The van der Waals surface area contributed by atoms with E-state index in [1.807, 2.05) is 13.0 Å². The Kier molecular flexibility index (Phi) is 6.23. The average Bonchev–Trinajstić information content (AvgIpc) is 2.80. The van der Waals surface area contributed by atoms with E-state index in [-0.39, 0.29) is 5.69 Å². The first-order valence-electron chi connectivity index (χ1n) is 8.21. The summed E-state index contributed by atoms with van der Waals surface area (Å²) in [6, 6.07) is 0. The molecule has 0 radical (unpaired) electrons. The van der Waals surface area contributed by atoms with Crippen molar-refractivity contribution in [1.82, 2.24) is 14.3 Å². The van der Waals surface area contributed by atoms with Gasteiger partial charge in [0.15, 0.2) is 0 Å². The standard InChI is InChI=1S/C16H28N4O/c1-2-14(10-17)12-20-16(21)19(13-18-20)11-15-8-6-4-3-5-7-9-15/h2,13,15H,3-12,17H2,1H3/b14-2+. The first-order chi connectivity index (χ1) is 10.2. The molecule has 0 unspecified atom stereocenters. The minimum Gasteiger partial charge on any atom is -0.327 e. The number of hydrogen-bond acceptors (Lipinski definition) is 3. The normalized spacial score (nSPS) is 18.5. The number of allylic oxidation sites excluding steroid dienone is 1. The van der Waals surface area contributed by atoms with Crippen LogP contribution >= 0.6 is 0 Å². The van der Waals surface area contributed by atoms with Gasteiger partial charge in [-0.2, -0.15) is 5.10 Å². The van der Waals surface area contributed by atoms with Gasteiger partial charge in [0, 0.05) is 13.1 Å². The smallest absolute Gasteiger partial charge is 0.327 e. The molecule has 2 rings (SSSR count). The summed E-state index contributed by atoms with van der Waals surface area (Å²) >= 11 is 0. The highest BCUT2D eigenvalue weighted by molar-refractivity contribution is 5.01. The highest BCUT2D eigenvalue weighted by Crippen LogP contribution is 2.23. The average molecular weight is 292 g/mol. The molecule has 1 aromatic heterocycles. The summed E-state index contributed by atoms with van der Waals surface area (Å²) in [5.41, 5.74) is 6.68. The maximum Gasteiger partial charge on any atom is 0.346 e. The van der Waals surface area contributed by atoms with Crippen molar-refractivity contribution < 1.29 is 0 Å². The Morgan fingerprint density at radius 3 is 2.62 bits per heavy atom. The summed E-state index contributed by atoms with van der Waals surface area (Å²) in [7, 11) is 0. The van der Waals surface area contributed by atoms with Crippen LogP contribution in [0.4, 0.5) is 0 Å². The third-order valence-corrected chi connectivity index (χ3v) is 4.50. The highest BCUT2D eigenvalue weighted by atomic mass is 16.2. The van der Waals surface area contributed by atoms with Crippen LogP contribution in [-0.2, 0) is 13.1 Å². The van der Waals surface area contributed by atoms with E-state index in [9.17, 15) is 4.79 Å². The Morgan fingerprint density at radius 1 is 1.33 bits per heavy atom. The quantitative estimate of drug-likeness (QED) is 0.847. The molecule has 1 aromatic rings. The zero-order valence-electron chi connectivity index (χ0n) is 13.1. The van der Waals surface area contributed by atoms with Crippen LogP contribution in [0.15, 0.2) is 22.8 Å². The monoisotopic (exact) mass is 292 g/mol. The maximum absolute atomic E-state index is 12.4. The van der Waals surface area contributed by atoms with E-state index >= 15 is 0 Å². The van der Waals surface area contributed by atoms with Gasteiger partial charge < -0.3 is 5.73 Å². The van der Waals surface area contributed by atoms with Crippen molar-refractivity contribution in [2.45, 2.75) is 65.0 Å². The van der Waals surface area contributed by atoms with Crippen molar-refractivity contribution in [3.63, 3.8) is 0 Å². The Bertz CT molecular complexity index is 507. The number of nitrogens with zero attached hydrogens (tertiary/aromatic N) is 3. The number of aromatic nitrogens is 3. The molecule has 0 amide bonds. The fourth-order valence-corrected chi connectivity index (χ4v) is 3.07. The van der Waals surface area contributed by atoms with Crippen molar-refractivity contribution in [1.29, 1.82) is 0 Å². The SMILES string of the molecule is C/C=C(\CN)Cn1ncn(CC2CCCCCCC2)c1=O. The molecular formula is C16H28N4O. The molecule has 2 N–H and O–H groups in total. The molecule has 0 bridgehead atoms. The van der Waals surface area contributed by atoms with Crippen LogP contribution < -0.4 is 11.4 Å². The van der Waals surface area contributed by atoms with E-state index in [4.69, 9.17) is 5.73 Å². The van der Waals surface area contributed by atoms with Crippen molar-refractivity contribution in [2.24, 2.45) is 11.7 Å². The lowest BCUT2D eigenvalue weighted by Gasteiger charge is -2.19. The second kappa shape index (κ2) is 8.17. The van der Waals surface area contributed by atoms with E-state index in [2.05, 4.69) is 5.10 Å². The van der Waals surface area contributed by atoms with E-state index in [1.165, 1.54) is 49.6 Å². The molecule has 5 nitrogen and oxygen atoms in total. The lowest BCUT2D eigenvalue weighted by atomic mass is 9.91. The fourth-order valence-electron chi connectivity index (χ4n) is 3.07. The van der Waals surface area contributed by atoms with E-state index in [0.29, 0.717) is 19.0 Å². The lowest BCUT2D eigenvalue weighted by Crippen LogP contribution is -2.28. The van der Waals surface area contributed by atoms with Crippen LogP contribution in [0.3, 0.4) is 0 Å². The summed E-state index contributed by atoms with van der Waals surface area (Å²) in [5, 5.41) is 4.23. The summed E-state index contributed by atoms with van der Waals surface area (Å²) in [5.74, 6) is 0.622. The van der Waals surface area contributed by atoms with E-state index in [1.54, 1.807) is 10.9 Å². The largest absolute Gasteiger partial charge is 0.346 e. The minimum atomic E-state index is -0.00939. The summed E-state index contributed by atoms with van der Waals surface area (Å²) in [6.45, 7) is 3.73. The molecule has 21 heavy (non-hydrogen) atoms. The van der Waals surface area contributed by atoms with Crippen LogP contribution in [0.1, 0.15) is 51.9 Å². The molecule has 1 fully saturated rings. The fraction of sp³-hybridized carbons (Fsp3) is 0.750. The molecule has 0 aliphatic heterocycles. The van der Waals surface area contributed by atoms with Crippen molar-refractivity contribution in [3.05, 3.63) is 28.5 Å². The number of hydrogen-bond donors (Lipinski definition) is 1. The molecule has 0 atom stereocenters. The number of rotatable bonds is 5. The van der Waals surface area contributed by atoms with Gasteiger partial charge >= 0.3 is 5.69 Å². The van der Waals surface area contributed by atoms with Crippen molar-refractivity contribution >= 4 is 0 Å². The van der Waals surface area contributed by atoms with Crippen molar-refractivity contribution in [2.75, 3.05) is 6.54 Å². The molecule has 1 saturated carbocycles. The summed E-state index contributed by atoms with van der Waals surface area (Å²) in [6.07, 6.45) is 12.8. The van der Waals surface area contributed by atoms with Gasteiger partial charge in [-0.05, 0) is 31.3 Å². The second-order valence-electron chi connectivity index (χ2n) is 6.09. The van der Waals surface area contributed by atoms with Crippen LogP contribution in [0.25, 0.3) is 0 Å². The van der Waals surface area contributed by atoms with Crippen LogP contribution in [0.5, 0.6) is 0 Å². The molecule has 0 saturated heterocycles. The highest BCUT2D eigenvalue weighted by Gasteiger charge is 2.14. The Labute approximate surface area is 126 Å².